The van der Waals surface area contributed by atoms with Crippen LogP contribution < -0.4 is 11.1 Å². The molecule has 0 bridgehead atoms. The van der Waals surface area contributed by atoms with Crippen molar-refractivity contribution in [3.8, 4) is 0 Å². The first-order chi connectivity index (χ1) is 11.7. The number of nitrogens with two attached hydrogens (primary N) is 1. The quantitative estimate of drug-likeness (QED) is 0.701. The van der Waals surface area contributed by atoms with Crippen LogP contribution in [0.5, 0.6) is 0 Å². The first-order valence-electron chi connectivity index (χ1n) is 7.21. The molecule has 3 rings (SSSR count). The predicted molar refractivity (Wildman–Crippen MR) is 86.7 cm³/mol. The van der Waals surface area contributed by atoms with Gasteiger partial charge in [-0.25, -0.2) is 9.37 Å². The van der Waals surface area contributed by atoms with Gasteiger partial charge in [0.2, 0.25) is 5.01 Å². The summed E-state index contributed by atoms with van der Waals surface area (Å²) >= 11 is 1.21. The van der Waals surface area contributed by atoms with E-state index in [1.165, 1.54) is 23.5 Å². The molecule has 0 fully saturated rings. The molecule has 0 saturated carbocycles. The second kappa shape index (κ2) is 7.28. The van der Waals surface area contributed by atoms with Crippen molar-refractivity contribution in [3.05, 3.63) is 63.9 Å². The summed E-state index contributed by atoms with van der Waals surface area (Å²) in [6.07, 6.45) is 3.47. The topological polar surface area (TPSA) is 98.7 Å². The highest BCUT2D eigenvalue weighted by Crippen LogP contribution is 2.12. The Hall–Kier alpha value is -2.65. The third kappa shape index (κ3) is 3.81. The van der Waals surface area contributed by atoms with Crippen molar-refractivity contribution < 1.29 is 9.18 Å². The van der Waals surface area contributed by atoms with E-state index in [1.54, 1.807) is 24.5 Å². The number of hydrogen-bond acceptors (Lipinski definition) is 6. The molecule has 3 N–H and O–H groups in total. The smallest absolute Gasteiger partial charge is 0.282 e. The Morgan fingerprint density at radius 3 is 2.83 bits per heavy atom. The number of amides is 1. The molecule has 24 heavy (non-hydrogen) atoms. The lowest BCUT2D eigenvalue weighted by molar-refractivity contribution is 0.0950. The molecule has 0 aliphatic rings. The van der Waals surface area contributed by atoms with Crippen LogP contribution in [-0.4, -0.2) is 25.7 Å². The first-order valence-corrected chi connectivity index (χ1v) is 8.02. The molecule has 1 amide bonds. The summed E-state index contributed by atoms with van der Waals surface area (Å²) in [4.78, 5) is 16.2. The molecule has 0 aliphatic heterocycles. The lowest BCUT2D eigenvalue weighted by Crippen LogP contribution is -2.22. The molecule has 1 aromatic carbocycles. The summed E-state index contributed by atoms with van der Waals surface area (Å²) in [6.45, 7) is 1.10. The third-order valence-corrected chi connectivity index (χ3v) is 4.22. The molecule has 9 heteroatoms. The zero-order chi connectivity index (χ0) is 16.9. The number of aromatic nitrogens is 4. The zero-order valence-corrected chi connectivity index (χ0v) is 13.5. The number of rotatable bonds is 6. The van der Waals surface area contributed by atoms with Crippen LogP contribution in [0, 0.1) is 5.82 Å². The number of carbonyl (C=O) groups is 1. The number of benzene rings is 1. The van der Waals surface area contributed by atoms with Crippen LogP contribution in [0.15, 0.2) is 36.7 Å². The summed E-state index contributed by atoms with van der Waals surface area (Å²) in [6, 6.07) is 5.94. The summed E-state index contributed by atoms with van der Waals surface area (Å²) < 4.78 is 14.7. The lowest BCUT2D eigenvalue weighted by Gasteiger charge is -2.03. The third-order valence-electron chi connectivity index (χ3n) is 3.32. The Morgan fingerprint density at radius 2 is 2.08 bits per heavy atom. The molecule has 0 spiro atoms. The molecule has 2 heterocycles. The number of hydrogen-bond donors (Lipinski definition) is 2. The highest BCUT2D eigenvalue weighted by Gasteiger charge is 2.13. The molecular formula is C15H15FN6OS. The normalized spacial score (nSPS) is 10.8. The van der Waals surface area contributed by atoms with Crippen LogP contribution in [-0.2, 0) is 19.6 Å². The van der Waals surface area contributed by atoms with E-state index in [9.17, 15) is 9.18 Å². The fourth-order valence-corrected chi connectivity index (χ4v) is 2.84. The molecule has 0 saturated heterocycles. The van der Waals surface area contributed by atoms with E-state index in [0.29, 0.717) is 24.6 Å². The molecule has 0 aliphatic carbocycles. The summed E-state index contributed by atoms with van der Waals surface area (Å²) in [5.41, 5.74) is 6.41. The fraction of sp³-hybridized carbons (Fsp3) is 0.200. The Balaban J connectivity index is 1.60. The number of nitrogens with one attached hydrogen (secondary N) is 1. The van der Waals surface area contributed by atoms with Crippen LogP contribution in [0.4, 0.5) is 4.39 Å². The summed E-state index contributed by atoms with van der Waals surface area (Å²) in [7, 11) is 0. The highest BCUT2D eigenvalue weighted by molar-refractivity contribution is 7.13. The van der Waals surface area contributed by atoms with Gasteiger partial charge in [0.25, 0.3) is 5.91 Å². The molecule has 0 atom stereocenters. The maximum atomic E-state index is 12.8. The molecule has 7 nitrogen and oxygen atoms in total. The van der Waals surface area contributed by atoms with Crippen molar-refractivity contribution in [2.45, 2.75) is 19.6 Å². The Kier molecular flexibility index (Phi) is 4.92. The van der Waals surface area contributed by atoms with E-state index in [1.807, 2.05) is 4.57 Å². The van der Waals surface area contributed by atoms with Crippen molar-refractivity contribution in [2.75, 3.05) is 0 Å². The minimum atomic E-state index is -0.312. The SMILES string of the molecule is NCc1nccn1Cc1nnc(C(=O)NCc2ccc(F)cc2)s1. The monoisotopic (exact) mass is 346 g/mol. The highest BCUT2D eigenvalue weighted by atomic mass is 32.1. The van der Waals surface area contributed by atoms with Crippen LogP contribution in [0.1, 0.15) is 26.2 Å². The van der Waals surface area contributed by atoms with Crippen molar-refractivity contribution in [3.63, 3.8) is 0 Å². The summed E-state index contributed by atoms with van der Waals surface area (Å²) in [5.74, 6) is 0.121. The van der Waals surface area contributed by atoms with E-state index in [0.717, 1.165) is 11.4 Å². The lowest BCUT2D eigenvalue weighted by atomic mass is 10.2. The van der Waals surface area contributed by atoms with E-state index < -0.39 is 0 Å². The van der Waals surface area contributed by atoms with Crippen molar-refractivity contribution >= 4 is 17.2 Å². The average Bonchev–Trinajstić information content (AvgIpc) is 3.23. The van der Waals surface area contributed by atoms with Crippen LogP contribution in [0.2, 0.25) is 0 Å². The number of imidazole rings is 1. The van der Waals surface area contributed by atoms with Gasteiger partial charge in [-0.15, -0.1) is 10.2 Å². The Labute approximate surface area is 141 Å². The van der Waals surface area contributed by atoms with E-state index in [4.69, 9.17) is 5.73 Å². The molecule has 2 aromatic heterocycles. The van der Waals surface area contributed by atoms with Crippen LogP contribution >= 0.6 is 11.3 Å². The molecule has 0 unspecified atom stereocenters. The zero-order valence-electron chi connectivity index (χ0n) is 12.6. The van der Waals surface area contributed by atoms with Gasteiger partial charge >= 0.3 is 0 Å². The van der Waals surface area contributed by atoms with Crippen molar-refractivity contribution in [2.24, 2.45) is 5.73 Å². The molecular weight excluding hydrogens is 331 g/mol. The van der Waals surface area contributed by atoms with Crippen molar-refractivity contribution in [1.29, 1.82) is 0 Å². The molecule has 3 aromatic rings. The molecule has 124 valence electrons. The van der Waals surface area contributed by atoms with E-state index >= 15 is 0 Å². The molecule has 0 radical (unpaired) electrons. The minimum Gasteiger partial charge on any atom is -0.346 e. The van der Waals surface area contributed by atoms with Gasteiger partial charge in [0.05, 0.1) is 13.1 Å². The Morgan fingerprint density at radius 1 is 1.29 bits per heavy atom. The fourth-order valence-electron chi connectivity index (χ4n) is 2.09. The van der Waals surface area contributed by atoms with E-state index in [-0.39, 0.29) is 16.7 Å². The maximum absolute atomic E-state index is 12.8. The van der Waals surface area contributed by atoms with Crippen LogP contribution in [0.25, 0.3) is 0 Å². The second-order valence-corrected chi connectivity index (χ2v) is 6.05. The number of carbonyl (C=O) groups excluding carboxylic acids is 1. The first kappa shape index (κ1) is 16.2. The minimum absolute atomic E-state index is 0.279. The largest absolute Gasteiger partial charge is 0.346 e. The average molecular weight is 346 g/mol. The predicted octanol–water partition coefficient (Wildman–Crippen LogP) is 1.31. The van der Waals surface area contributed by atoms with Gasteiger partial charge in [-0.2, -0.15) is 0 Å². The van der Waals surface area contributed by atoms with Gasteiger partial charge in [-0.1, -0.05) is 23.5 Å². The number of halogens is 1. The van der Waals surface area contributed by atoms with Gasteiger partial charge in [-0.3, -0.25) is 4.79 Å². The van der Waals surface area contributed by atoms with Gasteiger partial charge in [0, 0.05) is 18.9 Å². The Bertz CT molecular complexity index is 829. The van der Waals surface area contributed by atoms with Gasteiger partial charge in [-0.05, 0) is 17.7 Å². The summed E-state index contributed by atoms with van der Waals surface area (Å²) in [5, 5.41) is 11.6. The van der Waals surface area contributed by atoms with E-state index in [2.05, 4.69) is 20.5 Å². The van der Waals surface area contributed by atoms with Gasteiger partial charge in [0.1, 0.15) is 16.6 Å². The van der Waals surface area contributed by atoms with Crippen molar-refractivity contribution in [1.82, 2.24) is 25.1 Å². The van der Waals surface area contributed by atoms with Crippen LogP contribution in [0.3, 0.4) is 0 Å². The standard InChI is InChI=1S/C15H15FN6OS/c16-11-3-1-10(2-4-11)8-19-14(23)15-21-20-13(24-15)9-22-6-5-18-12(22)7-17/h1-6H,7-9,17H2,(H,19,23). The van der Waals surface area contributed by atoms with Gasteiger partial charge in [0.15, 0.2) is 0 Å². The van der Waals surface area contributed by atoms with Gasteiger partial charge < -0.3 is 15.6 Å². The second-order valence-electron chi connectivity index (χ2n) is 4.99. The maximum Gasteiger partial charge on any atom is 0.282 e. The number of nitrogens with zero attached hydrogens (tertiary/aromatic N) is 4.